The van der Waals surface area contributed by atoms with Crippen LogP contribution in [0.4, 0.5) is 5.88 Å². The van der Waals surface area contributed by atoms with Gasteiger partial charge < -0.3 is 19.2 Å². The van der Waals surface area contributed by atoms with Crippen LogP contribution in [-0.4, -0.2) is 82.2 Å². The molecule has 0 amide bonds. The van der Waals surface area contributed by atoms with Crippen LogP contribution in [0.3, 0.4) is 0 Å². The van der Waals surface area contributed by atoms with Crippen molar-refractivity contribution in [1.29, 1.82) is 5.26 Å². The zero-order valence-electron chi connectivity index (χ0n) is 18.0. The van der Waals surface area contributed by atoms with Crippen LogP contribution < -0.4 is 10.1 Å². The first-order valence-corrected chi connectivity index (χ1v) is 12.1. The molecule has 0 unspecified atom stereocenters. The molecule has 3 heterocycles. The lowest BCUT2D eigenvalue weighted by Gasteiger charge is -2.26. The maximum Gasteiger partial charge on any atom is 0.246 e. The quantitative estimate of drug-likeness (QED) is 0.626. The fourth-order valence-corrected chi connectivity index (χ4v) is 5.57. The molecular formula is C21H27N5O5S. The number of aromatic nitrogens is 1. The van der Waals surface area contributed by atoms with Crippen molar-refractivity contribution in [3.8, 4) is 23.3 Å². The van der Waals surface area contributed by atoms with Crippen molar-refractivity contribution in [2.45, 2.75) is 17.7 Å². The van der Waals surface area contributed by atoms with Gasteiger partial charge in [-0.3, -0.25) is 4.90 Å². The number of nitrogens with one attached hydrogen (secondary N) is 1. The van der Waals surface area contributed by atoms with E-state index in [0.29, 0.717) is 25.2 Å². The molecule has 2 aromatic rings. The van der Waals surface area contributed by atoms with E-state index in [4.69, 9.17) is 13.9 Å². The Balaban J connectivity index is 1.56. The predicted octanol–water partition coefficient (Wildman–Crippen LogP) is 1.75. The molecule has 2 aliphatic rings. The zero-order chi connectivity index (χ0) is 22.6. The van der Waals surface area contributed by atoms with E-state index in [1.54, 1.807) is 12.1 Å². The second-order valence-electron chi connectivity index (χ2n) is 7.67. The third-order valence-electron chi connectivity index (χ3n) is 5.64. The standard InChI is InChI=1S/C21H27N5O5S/c1-29-18-5-4-16(14-19(18)32(27,28)26-7-2-3-8-26)20-24-17(15-22)21(31-20)23-6-9-25-10-12-30-13-11-25/h4-5,14,23H,2-3,6-13H2,1H3. The van der Waals surface area contributed by atoms with E-state index in [1.807, 2.05) is 6.07 Å². The van der Waals surface area contributed by atoms with Crippen molar-refractivity contribution in [3.05, 3.63) is 23.9 Å². The topological polar surface area (TPSA) is 121 Å². The van der Waals surface area contributed by atoms with E-state index in [9.17, 15) is 13.7 Å². The molecule has 2 aliphatic heterocycles. The molecule has 0 atom stereocenters. The Labute approximate surface area is 187 Å². The second kappa shape index (κ2) is 9.87. The minimum atomic E-state index is -3.70. The Kier molecular flexibility index (Phi) is 6.95. The molecule has 2 fully saturated rings. The van der Waals surface area contributed by atoms with Crippen molar-refractivity contribution in [3.63, 3.8) is 0 Å². The van der Waals surface area contributed by atoms with Gasteiger partial charge in [-0.05, 0) is 31.0 Å². The van der Waals surface area contributed by atoms with Crippen LogP contribution >= 0.6 is 0 Å². The highest BCUT2D eigenvalue weighted by atomic mass is 32.2. The molecule has 0 radical (unpaired) electrons. The Morgan fingerprint density at radius 3 is 2.66 bits per heavy atom. The summed E-state index contributed by atoms with van der Waals surface area (Å²) in [5.74, 6) is 0.711. The average Bonchev–Trinajstić information content (AvgIpc) is 3.50. The van der Waals surface area contributed by atoms with E-state index >= 15 is 0 Å². The maximum absolute atomic E-state index is 13.1. The second-order valence-corrected chi connectivity index (χ2v) is 9.57. The largest absolute Gasteiger partial charge is 0.495 e. The van der Waals surface area contributed by atoms with Crippen molar-refractivity contribution in [2.75, 3.05) is 64.9 Å². The van der Waals surface area contributed by atoms with Crippen LogP contribution in [0.5, 0.6) is 5.75 Å². The summed E-state index contributed by atoms with van der Waals surface area (Å²) in [7, 11) is -2.27. The van der Waals surface area contributed by atoms with Crippen LogP contribution in [0, 0.1) is 11.3 Å². The normalized spacial score (nSPS) is 17.9. The smallest absolute Gasteiger partial charge is 0.246 e. The third-order valence-corrected chi connectivity index (χ3v) is 7.56. The van der Waals surface area contributed by atoms with Gasteiger partial charge in [0.1, 0.15) is 16.7 Å². The number of rotatable bonds is 8. The Hall–Kier alpha value is -2.65. The lowest BCUT2D eigenvalue weighted by molar-refractivity contribution is 0.0398. The van der Waals surface area contributed by atoms with Gasteiger partial charge in [0, 0.05) is 44.8 Å². The first-order valence-electron chi connectivity index (χ1n) is 10.7. The fourth-order valence-electron chi connectivity index (χ4n) is 3.87. The van der Waals surface area contributed by atoms with Crippen molar-refractivity contribution in [1.82, 2.24) is 14.2 Å². The summed E-state index contributed by atoms with van der Waals surface area (Å²) in [5.41, 5.74) is 0.586. The van der Waals surface area contributed by atoms with E-state index in [2.05, 4.69) is 15.2 Å². The molecule has 0 spiro atoms. The van der Waals surface area contributed by atoms with Gasteiger partial charge in [-0.15, -0.1) is 0 Å². The predicted molar refractivity (Wildman–Crippen MR) is 117 cm³/mol. The van der Waals surface area contributed by atoms with Gasteiger partial charge in [-0.1, -0.05) is 0 Å². The van der Waals surface area contributed by atoms with Crippen LogP contribution in [0.15, 0.2) is 27.5 Å². The molecule has 172 valence electrons. The number of sulfonamides is 1. The lowest BCUT2D eigenvalue weighted by atomic mass is 10.2. The Morgan fingerprint density at radius 1 is 1.22 bits per heavy atom. The number of nitriles is 1. The molecule has 1 aromatic carbocycles. The number of methoxy groups -OCH3 is 1. The maximum atomic E-state index is 13.1. The first-order chi connectivity index (χ1) is 15.5. The van der Waals surface area contributed by atoms with Crippen LogP contribution in [0.25, 0.3) is 11.5 Å². The van der Waals surface area contributed by atoms with Gasteiger partial charge >= 0.3 is 0 Å². The summed E-state index contributed by atoms with van der Waals surface area (Å²) < 4.78 is 44.2. The molecule has 0 saturated carbocycles. The summed E-state index contributed by atoms with van der Waals surface area (Å²) in [6.07, 6.45) is 1.68. The molecule has 0 bridgehead atoms. The van der Waals surface area contributed by atoms with Crippen LogP contribution in [0.1, 0.15) is 18.5 Å². The molecule has 11 heteroatoms. The molecule has 2 saturated heterocycles. The average molecular weight is 462 g/mol. The summed E-state index contributed by atoms with van der Waals surface area (Å²) in [6.45, 7) is 5.52. The van der Waals surface area contributed by atoms with Gasteiger partial charge in [0.2, 0.25) is 27.5 Å². The van der Waals surface area contributed by atoms with Crippen molar-refractivity contribution in [2.24, 2.45) is 0 Å². The van der Waals surface area contributed by atoms with E-state index in [1.165, 1.54) is 17.5 Å². The highest BCUT2D eigenvalue weighted by Gasteiger charge is 2.31. The van der Waals surface area contributed by atoms with Gasteiger partial charge in [0.05, 0.1) is 20.3 Å². The molecule has 32 heavy (non-hydrogen) atoms. The minimum Gasteiger partial charge on any atom is -0.495 e. The van der Waals surface area contributed by atoms with Gasteiger partial charge in [-0.25, -0.2) is 8.42 Å². The number of morpholine rings is 1. The molecule has 0 aliphatic carbocycles. The number of hydrogen-bond acceptors (Lipinski definition) is 9. The number of benzene rings is 1. The number of ether oxygens (including phenoxy) is 2. The number of oxazole rings is 1. The highest BCUT2D eigenvalue weighted by Crippen LogP contribution is 2.34. The van der Waals surface area contributed by atoms with Crippen LogP contribution in [-0.2, 0) is 14.8 Å². The monoisotopic (exact) mass is 461 g/mol. The molecule has 1 aromatic heterocycles. The van der Waals surface area contributed by atoms with Gasteiger partial charge in [-0.2, -0.15) is 14.6 Å². The fraction of sp³-hybridized carbons (Fsp3) is 0.524. The van der Waals surface area contributed by atoms with E-state index in [-0.39, 0.29) is 28.1 Å². The minimum absolute atomic E-state index is 0.0675. The zero-order valence-corrected chi connectivity index (χ0v) is 18.9. The summed E-state index contributed by atoms with van der Waals surface area (Å²) in [5, 5.41) is 12.6. The lowest BCUT2D eigenvalue weighted by Crippen LogP contribution is -2.39. The summed E-state index contributed by atoms with van der Waals surface area (Å²) in [4.78, 5) is 6.60. The first kappa shape index (κ1) is 22.5. The van der Waals surface area contributed by atoms with Crippen molar-refractivity contribution >= 4 is 15.9 Å². The Bertz CT molecular complexity index is 1080. The van der Waals surface area contributed by atoms with E-state index < -0.39 is 10.0 Å². The summed E-state index contributed by atoms with van der Waals surface area (Å²) >= 11 is 0. The number of hydrogen-bond donors (Lipinski definition) is 1. The molecule has 1 N–H and O–H groups in total. The van der Waals surface area contributed by atoms with Gasteiger partial charge in [0.15, 0.2) is 0 Å². The Morgan fingerprint density at radius 2 is 1.97 bits per heavy atom. The summed E-state index contributed by atoms with van der Waals surface area (Å²) in [6, 6.07) is 6.79. The molecule has 4 rings (SSSR count). The SMILES string of the molecule is COc1ccc(-c2nc(C#N)c(NCCN3CCOCC3)o2)cc1S(=O)(=O)N1CCCC1. The van der Waals surface area contributed by atoms with Gasteiger partial charge in [0.25, 0.3) is 0 Å². The molecule has 10 nitrogen and oxygen atoms in total. The van der Waals surface area contributed by atoms with Crippen LogP contribution in [0.2, 0.25) is 0 Å². The number of nitrogens with zero attached hydrogens (tertiary/aromatic N) is 4. The third kappa shape index (κ3) is 4.73. The van der Waals surface area contributed by atoms with Crippen molar-refractivity contribution < 1.29 is 22.3 Å². The van der Waals surface area contributed by atoms with E-state index in [0.717, 1.165) is 45.7 Å². The molecular weight excluding hydrogens is 434 g/mol. The number of anilines is 1. The highest BCUT2D eigenvalue weighted by molar-refractivity contribution is 7.89.